The van der Waals surface area contributed by atoms with Crippen molar-refractivity contribution in [1.29, 1.82) is 0 Å². The number of carbonyl (C=O) groups excluding carboxylic acids is 1. The Morgan fingerprint density at radius 3 is 2.29 bits per heavy atom. The first kappa shape index (κ1) is 19.2. The molecule has 0 atom stereocenters. The van der Waals surface area contributed by atoms with E-state index in [1.54, 1.807) is 37.5 Å². The summed E-state index contributed by atoms with van der Waals surface area (Å²) < 4.78 is 16.4. The van der Waals surface area contributed by atoms with Crippen LogP contribution < -0.4 is 14.9 Å². The highest BCUT2D eigenvalue weighted by Gasteiger charge is 2.06. The fourth-order valence-electron chi connectivity index (χ4n) is 2.46. The van der Waals surface area contributed by atoms with Crippen LogP contribution in [0.4, 0.5) is 0 Å². The summed E-state index contributed by atoms with van der Waals surface area (Å²) in [5, 5.41) is 4.05. The van der Waals surface area contributed by atoms with E-state index in [9.17, 15) is 4.79 Å². The molecule has 6 heteroatoms. The molecule has 3 rings (SSSR count). The molecule has 144 valence electrons. The van der Waals surface area contributed by atoms with Gasteiger partial charge in [0.05, 0.1) is 12.9 Å². The van der Waals surface area contributed by atoms with Crippen LogP contribution in [0.2, 0.25) is 0 Å². The van der Waals surface area contributed by atoms with Crippen LogP contribution in [-0.4, -0.2) is 18.2 Å². The van der Waals surface area contributed by atoms with Crippen LogP contribution in [0.15, 0.2) is 76.4 Å². The normalized spacial score (nSPS) is 11.1. The van der Waals surface area contributed by atoms with Crippen LogP contribution in [0.3, 0.4) is 0 Å². The van der Waals surface area contributed by atoms with Crippen molar-refractivity contribution in [1.82, 2.24) is 5.43 Å². The van der Waals surface area contributed by atoms with Gasteiger partial charge in [-0.2, -0.15) is 5.10 Å². The van der Waals surface area contributed by atoms with Crippen LogP contribution in [0.5, 0.6) is 11.5 Å². The van der Waals surface area contributed by atoms with Gasteiger partial charge in [-0.05, 0) is 67.9 Å². The lowest BCUT2D eigenvalue weighted by Gasteiger charge is -2.08. The monoisotopic (exact) mass is 378 g/mol. The Balaban J connectivity index is 1.52. The molecule has 0 bridgehead atoms. The van der Waals surface area contributed by atoms with Crippen molar-refractivity contribution in [3.8, 4) is 11.5 Å². The number of ether oxygens (including phenoxy) is 2. The number of hydrogen-bond acceptors (Lipinski definition) is 5. The van der Waals surface area contributed by atoms with E-state index in [0.717, 1.165) is 17.1 Å². The van der Waals surface area contributed by atoms with Crippen molar-refractivity contribution in [2.24, 2.45) is 5.10 Å². The van der Waals surface area contributed by atoms with Crippen LogP contribution in [0, 0.1) is 0 Å². The van der Waals surface area contributed by atoms with E-state index in [1.807, 2.05) is 43.3 Å². The molecular weight excluding hydrogens is 356 g/mol. The van der Waals surface area contributed by atoms with Crippen LogP contribution >= 0.6 is 0 Å². The topological polar surface area (TPSA) is 73.1 Å². The molecule has 0 aliphatic carbocycles. The summed E-state index contributed by atoms with van der Waals surface area (Å²) in [5.41, 5.74) is 4.60. The molecule has 0 radical (unpaired) electrons. The average Bonchev–Trinajstić information content (AvgIpc) is 3.27. The number of amides is 1. The minimum absolute atomic E-state index is 0.287. The predicted octanol–water partition coefficient (Wildman–Crippen LogP) is 4.41. The Hall–Kier alpha value is -3.54. The lowest BCUT2D eigenvalue weighted by Crippen LogP contribution is -2.19. The smallest absolute Gasteiger partial charge is 0.271 e. The van der Waals surface area contributed by atoms with Gasteiger partial charge in [0.2, 0.25) is 0 Å². The molecule has 0 spiro atoms. The standard InChI is InChI=1S/C22H22N2O4/c1-3-26-19-10-12-20(13-11-19)28-15-17-6-8-18(9-7-17)22(25)24-23-16(2)21-5-4-14-27-21/h4-14H,3,15H2,1-2H3,(H,24,25)/b23-16-. The zero-order valence-electron chi connectivity index (χ0n) is 15.8. The Bertz CT molecular complexity index is 914. The van der Waals surface area contributed by atoms with Crippen molar-refractivity contribution >= 4 is 11.6 Å². The largest absolute Gasteiger partial charge is 0.494 e. The third-order valence-corrected chi connectivity index (χ3v) is 3.96. The van der Waals surface area contributed by atoms with Crippen molar-refractivity contribution in [2.75, 3.05) is 6.61 Å². The summed E-state index contributed by atoms with van der Waals surface area (Å²) >= 11 is 0. The minimum atomic E-state index is -0.287. The Morgan fingerprint density at radius 2 is 1.68 bits per heavy atom. The zero-order valence-corrected chi connectivity index (χ0v) is 15.8. The van der Waals surface area contributed by atoms with Gasteiger partial charge in [0.1, 0.15) is 29.6 Å². The van der Waals surface area contributed by atoms with Crippen LogP contribution in [0.1, 0.15) is 35.5 Å². The third kappa shape index (κ3) is 5.23. The SMILES string of the molecule is CCOc1ccc(OCc2ccc(C(=O)N/N=C(/C)c3ccco3)cc2)cc1. The molecule has 0 saturated heterocycles. The van der Waals surface area contributed by atoms with Crippen molar-refractivity contribution < 1.29 is 18.7 Å². The molecule has 6 nitrogen and oxygen atoms in total. The number of benzene rings is 2. The van der Waals surface area contributed by atoms with Gasteiger partial charge in [-0.3, -0.25) is 4.79 Å². The van der Waals surface area contributed by atoms with Gasteiger partial charge in [-0.25, -0.2) is 5.43 Å². The number of hydrogen-bond donors (Lipinski definition) is 1. The van der Waals surface area contributed by atoms with E-state index < -0.39 is 0 Å². The number of nitrogens with one attached hydrogen (secondary N) is 1. The molecule has 1 amide bonds. The van der Waals surface area contributed by atoms with Gasteiger partial charge >= 0.3 is 0 Å². The second kappa shape index (κ2) is 9.41. The highest BCUT2D eigenvalue weighted by molar-refractivity contribution is 5.99. The van der Waals surface area contributed by atoms with Crippen LogP contribution in [0.25, 0.3) is 0 Å². The molecule has 28 heavy (non-hydrogen) atoms. The highest BCUT2D eigenvalue weighted by Crippen LogP contribution is 2.18. The fraction of sp³-hybridized carbons (Fsp3) is 0.182. The fourth-order valence-corrected chi connectivity index (χ4v) is 2.46. The number of nitrogens with zero attached hydrogens (tertiary/aromatic N) is 1. The van der Waals surface area contributed by atoms with E-state index in [4.69, 9.17) is 13.9 Å². The molecular formula is C22H22N2O4. The molecule has 0 aliphatic rings. The molecule has 1 N–H and O–H groups in total. The average molecular weight is 378 g/mol. The summed E-state index contributed by atoms with van der Waals surface area (Å²) in [5.74, 6) is 1.90. The molecule has 1 aromatic heterocycles. The van der Waals surface area contributed by atoms with Gasteiger partial charge in [-0.1, -0.05) is 12.1 Å². The first-order valence-corrected chi connectivity index (χ1v) is 8.99. The maximum absolute atomic E-state index is 12.2. The zero-order chi connectivity index (χ0) is 19.8. The van der Waals surface area contributed by atoms with Gasteiger partial charge in [0.25, 0.3) is 5.91 Å². The predicted molar refractivity (Wildman–Crippen MR) is 107 cm³/mol. The lowest BCUT2D eigenvalue weighted by molar-refractivity contribution is 0.0954. The summed E-state index contributed by atoms with van der Waals surface area (Å²) in [6.07, 6.45) is 1.56. The van der Waals surface area contributed by atoms with Gasteiger partial charge in [0, 0.05) is 5.56 Å². The Labute approximate surface area is 163 Å². The third-order valence-electron chi connectivity index (χ3n) is 3.96. The maximum atomic E-state index is 12.2. The summed E-state index contributed by atoms with van der Waals surface area (Å²) in [6.45, 7) is 4.75. The van der Waals surface area contributed by atoms with E-state index in [2.05, 4.69) is 10.5 Å². The molecule has 0 saturated carbocycles. The summed E-state index contributed by atoms with van der Waals surface area (Å²) in [7, 11) is 0. The van der Waals surface area contributed by atoms with E-state index in [-0.39, 0.29) is 5.91 Å². The van der Waals surface area contributed by atoms with E-state index in [0.29, 0.717) is 30.2 Å². The number of furan rings is 1. The maximum Gasteiger partial charge on any atom is 0.271 e. The first-order chi connectivity index (χ1) is 13.7. The summed E-state index contributed by atoms with van der Waals surface area (Å²) in [6, 6.07) is 18.2. The molecule has 2 aromatic carbocycles. The lowest BCUT2D eigenvalue weighted by atomic mass is 10.1. The van der Waals surface area contributed by atoms with E-state index >= 15 is 0 Å². The second-order valence-electron chi connectivity index (χ2n) is 6.01. The molecule has 3 aromatic rings. The van der Waals surface area contributed by atoms with Crippen molar-refractivity contribution in [2.45, 2.75) is 20.5 Å². The molecule has 0 fully saturated rings. The van der Waals surface area contributed by atoms with Crippen molar-refractivity contribution in [3.05, 3.63) is 83.8 Å². The Kier molecular flexibility index (Phi) is 6.46. The molecule has 0 aliphatic heterocycles. The number of hydrazone groups is 1. The molecule has 1 heterocycles. The van der Waals surface area contributed by atoms with Gasteiger partial charge in [0.15, 0.2) is 0 Å². The molecule has 0 unspecified atom stereocenters. The second-order valence-corrected chi connectivity index (χ2v) is 6.01. The minimum Gasteiger partial charge on any atom is -0.494 e. The van der Waals surface area contributed by atoms with Gasteiger partial charge < -0.3 is 13.9 Å². The quantitative estimate of drug-likeness (QED) is 0.465. The number of rotatable bonds is 8. The van der Waals surface area contributed by atoms with Crippen molar-refractivity contribution in [3.63, 3.8) is 0 Å². The Morgan fingerprint density at radius 1 is 1.00 bits per heavy atom. The van der Waals surface area contributed by atoms with Gasteiger partial charge in [-0.15, -0.1) is 0 Å². The van der Waals surface area contributed by atoms with Crippen LogP contribution in [-0.2, 0) is 6.61 Å². The summed E-state index contributed by atoms with van der Waals surface area (Å²) in [4.78, 5) is 12.2. The first-order valence-electron chi connectivity index (χ1n) is 8.99. The number of carbonyl (C=O) groups is 1. The van der Waals surface area contributed by atoms with E-state index in [1.165, 1.54) is 0 Å². The highest BCUT2D eigenvalue weighted by atomic mass is 16.5.